The maximum Gasteiger partial charge on any atom is 0.132 e. The van der Waals surface area contributed by atoms with Crippen molar-refractivity contribution in [2.24, 2.45) is 0 Å². The Labute approximate surface area is 93.2 Å². The summed E-state index contributed by atoms with van der Waals surface area (Å²) < 4.78 is 13.6. The lowest BCUT2D eigenvalue weighted by Crippen LogP contribution is -2.09. The number of aliphatic hydroxyl groups is 1. The van der Waals surface area contributed by atoms with Crippen LogP contribution in [0.15, 0.2) is 24.3 Å². The highest BCUT2D eigenvalue weighted by atomic mass is 35.5. The van der Waals surface area contributed by atoms with E-state index in [4.69, 9.17) is 11.6 Å². The molecule has 80 valence electrons. The number of hydrogen-bond donors (Lipinski definition) is 1. The van der Waals surface area contributed by atoms with Crippen LogP contribution in [0.1, 0.15) is 24.8 Å². The van der Waals surface area contributed by atoms with Crippen LogP contribution < -0.4 is 0 Å². The van der Waals surface area contributed by atoms with Crippen LogP contribution in [0, 0.1) is 5.82 Å². The fourth-order valence-electron chi connectivity index (χ4n) is 1.87. The van der Waals surface area contributed by atoms with Gasteiger partial charge in [-0.1, -0.05) is 23.7 Å². The molecule has 2 rings (SSSR count). The number of allylic oxidation sites excluding steroid dienone is 1. The van der Waals surface area contributed by atoms with Gasteiger partial charge in [-0.3, -0.25) is 0 Å². The topological polar surface area (TPSA) is 20.2 Å². The van der Waals surface area contributed by atoms with Crippen LogP contribution in [-0.2, 0) is 0 Å². The molecule has 3 heteroatoms. The third-order valence-electron chi connectivity index (χ3n) is 2.62. The summed E-state index contributed by atoms with van der Waals surface area (Å²) in [6, 6.07) is 4.64. The molecule has 15 heavy (non-hydrogen) atoms. The van der Waals surface area contributed by atoms with Crippen LogP contribution in [0.3, 0.4) is 0 Å². The van der Waals surface area contributed by atoms with Crippen molar-refractivity contribution in [3.63, 3.8) is 0 Å². The molecule has 1 aliphatic rings. The van der Waals surface area contributed by atoms with E-state index in [0.29, 0.717) is 10.6 Å². The average molecular weight is 227 g/mol. The molecule has 0 amide bonds. The second-order valence-corrected chi connectivity index (χ2v) is 4.21. The molecule has 1 N–H and O–H groups in total. The number of hydrogen-bond acceptors (Lipinski definition) is 1. The first-order chi connectivity index (χ1) is 7.16. The molecule has 0 aliphatic heterocycles. The molecule has 0 heterocycles. The molecular weight excluding hydrogens is 215 g/mol. The Bertz CT molecular complexity index is 401. The molecule has 0 spiro atoms. The van der Waals surface area contributed by atoms with Crippen LogP contribution in [0.2, 0.25) is 5.02 Å². The highest BCUT2D eigenvalue weighted by Gasteiger charge is 2.15. The molecule has 1 aliphatic carbocycles. The van der Waals surface area contributed by atoms with Gasteiger partial charge in [-0.05, 0) is 37.0 Å². The van der Waals surface area contributed by atoms with E-state index in [2.05, 4.69) is 0 Å². The molecule has 0 radical (unpaired) electrons. The SMILES string of the molecule is OC1C=C(c2ccc(Cl)cc2F)CCC1. The first kappa shape index (κ1) is 10.7. The minimum absolute atomic E-state index is 0.317. The monoisotopic (exact) mass is 226 g/mol. The van der Waals surface area contributed by atoms with Gasteiger partial charge in [-0.25, -0.2) is 4.39 Å². The second kappa shape index (κ2) is 4.33. The molecule has 1 nitrogen and oxygen atoms in total. The first-order valence-corrected chi connectivity index (χ1v) is 5.39. The van der Waals surface area contributed by atoms with Crippen LogP contribution >= 0.6 is 11.6 Å². The minimum Gasteiger partial charge on any atom is -0.389 e. The number of benzene rings is 1. The van der Waals surface area contributed by atoms with Crippen molar-refractivity contribution in [1.82, 2.24) is 0 Å². The lowest BCUT2D eigenvalue weighted by atomic mass is 9.92. The summed E-state index contributed by atoms with van der Waals surface area (Å²) in [6.07, 6.45) is 3.77. The summed E-state index contributed by atoms with van der Waals surface area (Å²) in [5.74, 6) is -0.317. The van der Waals surface area contributed by atoms with Gasteiger partial charge in [0.15, 0.2) is 0 Å². The Morgan fingerprint density at radius 3 is 2.87 bits per heavy atom. The molecule has 0 fully saturated rings. The predicted molar refractivity (Wildman–Crippen MR) is 59.2 cm³/mol. The van der Waals surface area contributed by atoms with Gasteiger partial charge in [0.1, 0.15) is 5.82 Å². The van der Waals surface area contributed by atoms with Gasteiger partial charge in [-0.15, -0.1) is 0 Å². The zero-order chi connectivity index (χ0) is 10.8. The molecule has 0 saturated heterocycles. The van der Waals surface area contributed by atoms with Crippen molar-refractivity contribution in [2.75, 3.05) is 0 Å². The average Bonchev–Trinajstić information content (AvgIpc) is 2.17. The molecule has 0 aromatic heterocycles. The Hall–Kier alpha value is -0.860. The van der Waals surface area contributed by atoms with E-state index in [1.54, 1.807) is 18.2 Å². The summed E-state index contributed by atoms with van der Waals surface area (Å²) in [4.78, 5) is 0. The molecule has 0 bridgehead atoms. The van der Waals surface area contributed by atoms with Gasteiger partial charge in [-0.2, -0.15) is 0 Å². The predicted octanol–water partition coefficient (Wildman–Crippen LogP) is 3.41. The summed E-state index contributed by atoms with van der Waals surface area (Å²) in [7, 11) is 0. The Morgan fingerprint density at radius 2 is 2.20 bits per heavy atom. The summed E-state index contributed by atoms with van der Waals surface area (Å²) in [5, 5.41) is 9.86. The van der Waals surface area contributed by atoms with Crippen LogP contribution in [0.25, 0.3) is 5.57 Å². The largest absolute Gasteiger partial charge is 0.389 e. The van der Waals surface area contributed by atoms with Gasteiger partial charge >= 0.3 is 0 Å². The van der Waals surface area contributed by atoms with E-state index in [9.17, 15) is 9.50 Å². The fourth-order valence-corrected chi connectivity index (χ4v) is 2.03. The maximum absolute atomic E-state index is 13.6. The van der Waals surface area contributed by atoms with E-state index < -0.39 is 6.10 Å². The lowest BCUT2D eigenvalue weighted by Gasteiger charge is -2.17. The van der Waals surface area contributed by atoms with Crippen molar-refractivity contribution in [1.29, 1.82) is 0 Å². The summed E-state index contributed by atoms with van der Waals surface area (Å²) >= 11 is 5.68. The standard InChI is InChI=1S/C12H12ClFO/c13-9-4-5-11(12(14)7-9)8-2-1-3-10(15)6-8/h4-7,10,15H,1-3H2. The third-order valence-corrected chi connectivity index (χ3v) is 2.85. The summed E-state index contributed by atoms with van der Waals surface area (Å²) in [6.45, 7) is 0. The van der Waals surface area contributed by atoms with Gasteiger partial charge < -0.3 is 5.11 Å². The van der Waals surface area contributed by atoms with E-state index in [1.807, 2.05) is 0 Å². The van der Waals surface area contributed by atoms with E-state index in [1.165, 1.54) is 6.07 Å². The van der Waals surface area contributed by atoms with E-state index >= 15 is 0 Å². The number of aliphatic hydroxyl groups excluding tert-OH is 1. The minimum atomic E-state index is -0.441. The lowest BCUT2D eigenvalue weighted by molar-refractivity contribution is 0.206. The number of halogens is 2. The highest BCUT2D eigenvalue weighted by Crippen LogP contribution is 2.29. The first-order valence-electron chi connectivity index (χ1n) is 5.01. The molecule has 0 saturated carbocycles. The Kier molecular flexibility index (Phi) is 3.08. The molecular formula is C12H12ClFO. The molecule has 1 unspecified atom stereocenters. The van der Waals surface area contributed by atoms with Crippen molar-refractivity contribution in [3.05, 3.63) is 40.7 Å². The van der Waals surface area contributed by atoms with Gasteiger partial charge in [0.05, 0.1) is 6.10 Å². The normalized spacial score (nSPS) is 21.3. The van der Waals surface area contributed by atoms with Crippen molar-refractivity contribution in [3.8, 4) is 0 Å². The van der Waals surface area contributed by atoms with E-state index in [0.717, 1.165) is 24.8 Å². The molecule has 1 aromatic rings. The third kappa shape index (κ3) is 2.39. The van der Waals surface area contributed by atoms with Crippen molar-refractivity contribution < 1.29 is 9.50 Å². The van der Waals surface area contributed by atoms with Gasteiger partial charge in [0.2, 0.25) is 0 Å². The smallest absolute Gasteiger partial charge is 0.132 e. The Morgan fingerprint density at radius 1 is 1.40 bits per heavy atom. The zero-order valence-electron chi connectivity index (χ0n) is 8.21. The maximum atomic E-state index is 13.6. The van der Waals surface area contributed by atoms with Gasteiger partial charge in [0.25, 0.3) is 0 Å². The van der Waals surface area contributed by atoms with Crippen molar-refractivity contribution >= 4 is 17.2 Å². The zero-order valence-corrected chi connectivity index (χ0v) is 8.97. The highest BCUT2D eigenvalue weighted by molar-refractivity contribution is 6.30. The quantitative estimate of drug-likeness (QED) is 0.778. The fraction of sp³-hybridized carbons (Fsp3) is 0.333. The summed E-state index contributed by atoms with van der Waals surface area (Å²) in [5.41, 5.74) is 1.43. The Balaban J connectivity index is 2.37. The number of rotatable bonds is 1. The van der Waals surface area contributed by atoms with Crippen LogP contribution in [0.4, 0.5) is 4.39 Å². The second-order valence-electron chi connectivity index (χ2n) is 3.78. The van der Waals surface area contributed by atoms with Crippen LogP contribution in [-0.4, -0.2) is 11.2 Å². The molecule has 1 aromatic carbocycles. The van der Waals surface area contributed by atoms with Crippen LogP contribution in [0.5, 0.6) is 0 Å². The molecule has 1 atom stereocenters. The van der Waals surface area contributed by atoms with E-state index in [-0.39, 0.29) is 5.82 Å². The van der Waals surface area contributed by atoms with Gasteiger partial charge in [0, 0.05) is 10.6 Å². The van der Waals surface area contributed by atoms with Crippen molar-refractivity contribution in [2.45, 2.75) is 25.4 Å².